The van der Waals surface area contributed by atoms with Gasteiger partial charge in [0.1, 0.15) is 16.5 Å². The van der Waals surface area contributed by atoms with Crippen molar-refractivity contribution in [3.8, 4) is 22.0 Å². The summed E-state index contributed by atoms with van der Waals surface area (Å²) in [4.78, 5) is 36.2. The van der Waals surface area contributed by atoms with Crippen LogP contribution in [0, 0.1) is 6.92 Å². The van der Waals surface area contributed by atoms with Gasteiger partial charge in [-0.1, -0.05) is 18.2 Å². The van der Waals surface area contributed by atoms with Gasteiger partial charge in [0, 0.05) is 49.5 Å². The van der Waals surface area contributed by atoms with Crippen molar-refractivity contribution in [1.29, 1.82) is 0 Å². The van der Waals surface area contributed by atoms with E-state index in [-0.39, 0.29) is 5.91 Å². The zero-order valence-corrected chi connectivity index (χ0v) is 19.6. The van der Waals surface area contributed by atoms with Gasteiger partial charge in [0.05, 0.1) is 12.2 Å². The van der Waals surface area contributed by atoms with E-state index >= 15 is 0 Å². The molecule has 1 amide bonds. The third-order valence-corrected chi connectivity index (χ3v) is 6.65. The third kappa shape index (κ3) is 4.25. The standard InChI is InChI=1S/C24H23N7O2S/c1-15-11-26-20(27-12-15)13-28-23-25-8-6-18(30-23)19-14-34-21(29-19)16-4-3-5-17(10-16)24(33)7-9-31(2)22(24)32/h3-6,8,10-12,14,33H,7,9,13H2,1-2H3,(H,25,28,30)/t24-/m1/s1. The number of thiazole rings is 1. The highest BCUT2D eigenvalue weighted by Crippen LogP contribution is 2.36. The molecule has 3 aromatic heterocycles. The quantitative estimate of drug-likeness (QED) is 0.439. The molecule has 0 bridgehead atoms. The van der Waals surface area contributed by atoms with Crippen molar-refractivity contribution in [2.45, 2.75) is 25.5 Å². The molecule has 1 fully saturated rings. The number of carbonyl (C=O) groups is 1. The summed E-state index contributed by atoms with van der Waals surface area (Å²) in [5, 5.41) is 16.8. The van der Waals surface area contributed by atoms with E-state index in [2.05, 4.69) is 25.3 Å². The van der Waals surface area contributed by atoms with Crippen molar-refractivity contribution in [3.05, 3.63) is 71.3 Å². The minimum absolute atomic E-state index is 0.276. The molecule has 1 aliphatic rings. The van der Waals surface area contributed by atoms with Gasteiger partial charge in [-0.15, -0.1) is 11.3 Å². The SMILES string of the molecule is Cc1cnc(CNc2nccc(-c3csc(-c4cccc([C@]5(O)CCN(C)C5=O)c4)n3)n2)nc1. The van der Waals surface area contributed by atoms with E-state index in [4.69, 9.17) is 4.98 Å². The largest absolute Gasteiger partial charge is 0.375 e. The van der Waals surface area contributed by atoms with Crippen LogP contribution >= 0.6 is 11.3 Å². The minimum Gasteiger partial charge on any atom is -0.375 e. The number of nitrogens with zero attached hydrogens (tertiary/aromatic N) is 6. The fourth-order valence-corrected chi connectivity index (χ4v) is 4.62. The van der Waals surface area contributed by atoms with Crippen LogP contribution in [0.2, 0.25) is 0 Å². The van der Waals surface area contributed by atoms with Crippen LogP contribution in [0.15, 0.2) is 54.3 Å². The first-order chi connectivity index (χ1) is 16.4. The molecule has 1 atom stereocenters. The summed E-state index contributed by atoms with van der Waals surface area (Å²) >= 11 is 1.48. The normalized spacial score (nSPS) is 17.9. The van der Waals surface area contributed by atoms with Crippen LogP contribution in [-0.2, 0) is 16.9 Å². The number of amides is 1. The molecule has 0 saturated carbocycles. The Hall–Kier alpha value is -3.76. The second-order valence-electron chi connectivity index (χ2n) is 8.25. The summed E-state index contributed by atoms with van der Waals surface area (Å²) in [5.74, 6) is 0.842. The number of hydrogen-bond acceptors (Lipinski definition) is 9. The van der Waals surface area contributed by atoms with Crippen molar-refractivity contribution in [1.82, 2.24) is 29.8 Å². The van der Waals surface area contributed by atoms with Gasteiger partial charge >= 0.3 is 0 Å². The maximum Gasteiger partial charge on any atom is 0.258 e. The van der Waals surface area contributed by atoms with Gasteiger partial charge in [0.15, 0.2) is 5.60 Å². The van der Waals surface area contributed by atoms with Crippen LogP contribution in [-0.4, -0.2) is 54.4 Å². The average Bonchev–Trinajstić information content (AvgIpc) is 3.46. The number of hydrogen-bond donors (Lipinski definition) is 2. The Labute approximate surface area is 200 Å². The van der Waals surface area contributed by atoms with Crippen molar-refractivity contribution in [3.63, 3.8) is 0 Å². The molecule has 2 N–H and O–H groups in total. The van der Waals surface area contributed by atoms with Crippen molar-refractivity contribution in [2.24, 2.45) is 0 Å². The first kappa shape index (κ1) is 22.1. The highest BCUT2D eigenvalue weighted by atomic mass is 32.1. The van der Waals surface area contributed by atoms with E-state index in [1.807, 2.05) is 30.5 Å². The lowest BCUT2D eigenvalue weighted by molar-refractivity contribution is -0.143. The number of likely N-dealkylation sites (tertiary alicyclic amines) is 1. The molecular formula is C24H23N7O2S. The van der Waals surface area contributed by atoms with Crippen LogP contribution < -0.4 is 5.32 Å². The van der Waals surface area contributed by atoms with Gasteiger partial charge in [0.25, 0.3) is 5.91 Å². The summed E-state index contributed by atoms with van der Waals surface area (Å²) in [6.45, 7) is 2.88. The van der Waals surface area contributed by atoms with Crippen molar-refractivity contribution in [2.75, 3.05) is 18.9 Å². The van der Waals surface area contributed by atoms with E-state index in [1.165, 1.54) is 11.3 Å². The number of rotatable bonds is 6. The first-order valence-electron chi connectivity index (χ1n) is 10.8. The smallest absolute Gasteiger partial charge is 0.258 e. The molecule has 4 aromatic rings. The molecule has 0 aliphatic carbocycles. The first-order valence-corrected chi connectivity index (χ1v) is 11.7. The number of aryl methyl sites for hydroxylation is 1. The lowest BCUT2D eigenvalue weighted by Crippen LogP contribution is -2.36. The van der Waals surface area contributed by atoms with Gasteiger partial charge in [-0.3, -0.25) is 4.79 Å². The second kappa shape index (κ2) is 8.88. The molecule has 4 heterocycles. The lowest BCUT2D eigenvalue weighted by atomic mass is 9.91. The van der Waals surface area contributed by atoms with Crippen molar-refractivity contribution < 1.29 is 9.90 Å². The highest BCUT2D eigenvalue weighted by molar-refractivity contribution is 7.13. The monoisotopic (exact) mass is 473 g/mol. The highest BCUT2D eigenvalue weighted by Gasteiger charge is 2.45. The Morgan fingerprint density at radius 2 is 1.97 bits per heavy atom. The lowest BCUT2D eigenvalue weighted by Gasteiger charge is -2.21. The van der Waals surface area contributed by atoms with Crippen LogP contribution in [0.1, 0.15) is 23.4 Å². The van der Waals surface area contributed by atoms with Crippen LogP contribution in [0.3, 0.4) is 0 Å². The molecule has 172 valence electrons. The zero-order valence-electron chi connectivity index (χ0n) is 18.8. The molecule has 0 spiro atoms. The molecular weight excluding hydrogens is 450 g/mol. The molecule has 9 nitrogen and oxygen atoms in total. The summed E-state index contributed by atoms with van der Waals surface area (Å²) in [5.41, 5.74) is 2.35. The van der Waals surface area contributed by atoms with Crippen LogP contribution in [0.5, 0.6) is 0 Å². The Balaban J connectivity index is 1.35. The van der Waals surface area contributed by atoms with Crippen molar-refractivity contribution >= 4 is 23.2 Å². The van der Waals surface area contributed by atoms with Gasteiger partial charge in [-0.25, -0.2) is 24.9 Å². The number of nitrogens with one attached hydrogen (secondary N) is 1. The fourth-order valence-electron chi connectivity index (χ4n) is 3.81. The molecule has 10 heteroatoms. The Kier molecular flexibility index (Phi) is 5.76. The van der Waals surface area contributed by atoms with E-state index in [0.717, 1.165) is 21.8 Å². The van der Waals surface area contributed by atoms with Gasteiger partial charge < -0.3 is 15.3 Å². The maximum atomic E-state index is 12.5. The Morgan fingerprint density at radius 1 is 1.15 bits per heavy atom. The Morgan fingerprint density at radius 3 is 2.74 bits per heavy atom. The number of benzene rings is 1. The van der Waals surface area contributed by atoms with E-state index < -0.39 is 5.60 Å². The van der Waals surface area contributed by atoms with Gasteiger partial charge in [-0.2, -0.15) is 0 Å². The third-order valence-electron chi connectivity index (χ3n) is 5.76. The molecule has 1 saturated heterocycles. The van der Waals surface area contributed by atoms with E-state index in [0.29, 0.717) is 42.5 Å². The van der Waals surface area contributed by atoms with E-state index in [1.54, 1.807) is 42.7 Å². The number of aromatic nitrogens is 5. The molecule has 0 unspecified atom stereocenters. The Bertz CT molecular complexity index is 1340. The molecule has 5 rings (SSSR count). The van der Waals surface area contributed by atoms with Gasteiger partial charge in [-0.05, 0) is 30.2 Å². The summed E-state index contributed by atoms with van der Waals surface area (Å²) < 4.78 is 0. The predicted molar refractivity (Wildman–Crippen MR) is 129 cm³/mol. The average molecular weight is 474 g/mol. The predicted octanol–water partition coefficient (Wildman–Crippen LogP) is 3.03. The fraction of sp³-hybridized carbons (Fsp3) is 0.250. The number of aliphatic hydroxyl groups is 1. The summed E-state index contributed by atoms with van der Waals surface area (Å²) in [7, 11) is 1.70. The number of carbonyl (C=O) groups excluding carboxylic acids is 1. The number of likely N-dealkylation sites (N-methyl/N-ethyl adjacent to an activating group) is 1. The van der Waals surface area contributed by atoms with Crippen LogP contribution in [0.25, 0.3) is 22.0 Å². The molecule has 1 aromatic carbocycles. The minimum atomic E-state index is -1.49. The topological polar surface area (TPSA) is 117 Å². The molecule has 34 heavy (non-hydrogen) atoms. The molecule has 1 aliphatic heterocycles. The molecule has 0 radical (unpaired) electrons. The number of anilines is 1. The maximum absolute atomic E-state index is 12.5. The van der Waals surface area contributed by atoms with Gasteiger partial charge in [0.2, 0.25) is 5.95 Å². The van der Waals surface area contributed by atoms with E-state index in [9.17, 15) is 9.90 Å². The van der Waals surface area contributed by atoms with Crippen LogP contribution in [0.4, 0.5) is 5.95 Å². The summed E-state index contributed by atoms with van der Waals surface area (Å²) in [6.07, 6.45) is 5.59. The zero-order chi connectivity index (χ0) is 23.7. The summed E-state index contributed by atoms with van der Waals surface area (Å²) in [6, 6.07) is 9.20. The second-order valence-corrected chi connectivity index (χ2v) is 9.11.